The second-order valence-corrected chi connectivity index (χ2v) is 7.79. The van der Waals surface area contributed by atoms with Gasteiger partial charge in [-0.15, -0.1) is 10.6 Å². The van der Waals surface area contributed by atoms with Gasteiger partial charge in [0.1, 0.15) is 5.75 Å². The van der Waals surface area contributed by atoms with Crippen LogP contribution in [0.5, 0.6) is 5.75 Å². The number of nitrogens with one attached hydrogen (secondary N) is 3. The minimum atomic E-state index is -4.61. The molecule has 32 heavy (non-hydrogen) atoms. The second kappa shape index (κ2) is 9.51. The molecule has 9 heteroatoms. The quantitative estimate of drug-likeness (QED) is 0.389. The SMILES string of the molecule is Oc1ccc(C#Cc2ccc(C3=NNNN3)cc2CCCOCC2CC2)c(C(F)(F)F)c1. The van der Waals surface area contributed by atoms with Crippen molar-refractivity contribution >= 4 is 5.84 Å². The smallest absolute Gasteiger partial charge is 0.417 e. The van der Waals surface area contributed by atoms with Crippen LogP contribution in [0.2, 0.25) is 0 Å². The molecule has 0 bridgehead atoms. The van der Waals surface area contributed by atoms with E-state index in [0.717, 1.165) is 24.2 Å². The van der Waals surface area contributed by atoms with E-state index in [1.807, 2.05) is 6.07 Å². The highest BCUT2D eigenvalue weighted by molar-refractivity contribution is 5.99. The fraction of sp³-hybridized carbons (Fsp3) is 0.348. The third-order valence-electron chi connectivity index (χ3n) is 5.21. The summed E-state index contributed by atoms with van der Waals surface area (Å²) < 4.78 is 45.7. The molecular weight excluding hydrogens is 421 g/mol. The molecule has 1 saturated carbocycles. The molecule has 2 aromatic carbocycles. The van der Waals surface area contributed by atoms with Crippen LogP contribution in [0, 0.1) is 17.8 Å². The minimum Gasteiger partial charge on any atom is -0.508 e. The molecule has 4 N–H and O–H groups in total. The Labute approximate surface area is 183 Å². The Morgan fingerprint density at radius 3 is 2.59 bits per heavy atom. The highest BCUT2D eigenvalue weighted by Gasteiger charge is 2.33. The molecule has 2 aromatic rings. The Hall–Kier alpha value is -3.22. The first kappa shape index (κ1) is 22.0. The number of hydrazone groups is 1. The van der Waals surface area contributed by atoms with Crippen LogP contribution in [0.1, 0.15) is 47.1 Å². The third kappa shape index (κ3) is 5.72. The van der Waals surface area contributed by atoms with Crippen LogP contribution in [0.25, 0.3) is 0 Å². The molecule has 0 aromatic heterocycles. The average Bonchev–Trinajstić information content (AvgIpc) is 3.42. The van der Waals surface area contributed by atoms with Gasteiger partial charge in [0.25, 0.3) is 0 Å². The van der Waals surface area contributed by atoms with Gasteiger partial charge in [0.15, 0.2) is 5.84 Å². The number of amidine groups is 1. The lowest BCUT2D eigenvalue weighted by Crippen LogP contribution is -2.35. The largest absolute Gasteiger partial charge is 0.508 e. The van der Waals surface area contributed by atoms with Crippen molar-refractivity contribution in [2.75, 3.05) is 13.2 Å². The summed E-state index contributed by atoms with van der Waals surface area (Å²) >= 11 is 0. The Kier molecular flexibility index (Phi) is 6.53. The van der Waals surface area contributed by atoms with E-state index in [1.165, 1.54) is 25.0 Å². The van der Waals surface area contributed by atoms with Crippen molar-refractivity contribution in [1.82, 2.24) is 16.5 Å². The number of nitrogens with zero attached hydrogens (tertiary/aromatic N) is 1. The summed E-state index contributed by atoms with van der Waals surface area (Å²) in [4.78, 5) is 0. The van der Waals surface area contributed by atoms with E-state index >= 15 is 0 Å². The summed E-state index contributed by atoms with van der Waals surface area (Å²) in [5, 5.41) is 13.5. The fourth-order valence-electron chi connectivity index (χ4n) is 3.32. The van der Waals surface area contributed by atoms with E-state index in [4.69, 9.17) is 4.74 Å². The summed E-state index contributed by atoms with van der Waals surface area (Å²) in [6.45, 7) is 1.40. The maximum absolute atomic E-state index is 13.3. The van der Waals surface area contributed by atoms with Crippen molar-refractivity contribution in [3.05, 3.63) is 64.2 Å². The topological polar surface area (TPSA) is 77.9 Å². The molecule has 168 valence electrons. The summed E-state index contributed by atoms with van der Waals surface area (Å²) in [6.07, 6.45) is -0.709. The van der Waals surface area contributed by atoms with Crippen LogP contribution in [-0.4, -0.2) is 24.2 Å². The van der Waals surface area contributed by atoms with Gasteiger partial charge >= 0.3 is 6.18 Å². The molecule has 0 atom stereocenters. The lowest BCUT2D eigenvalue weighted by Gasteiger charge is -2.10. The van der Waals surface area contributed by atoms with Crippen LogP contribution in [-0.2, 0) is 17.3 Å². The van der Waals surface area contributed by atoms with E-state index < -0.39 is 17.5 Å². The molecule has 1 fully saturated rings. The second-order valence-electron chi connectivity index (χ2n) is 7.79. The molecule has 0 saturated heterocycles. The van der Waals surface area contributed by atoms with Gasteiger partial charge in [-0.2, -0.15) is 13.2 Å². The van der Waals surface area contributed by atoms with Gasteiger partial charge < -0.3 is 9.84 Å². The predicted octanol–water partition coefficient (Wildman–Crippen LogP) is 3.44. The Morgan fingerprint density at radius 1 is 1.09 bits per heavy atom. The monoisotopic (exact) mass is 444 g/mol. The van der Waals surface area contributed by atoms with Crippen LogP contribution in [0.3, 0.4) is 0 Å². The van der Waals surface area contributed by atoms with E-state index in [-0.39, 0.29) is 5.56 Å². The predicted molar refractivity (Wildman–Crippen MR) is 113 cm³/mol. The van der Waals surface area contributed by atoms with Crippen molar-refractivity contribution in [3.63, 3.8) is 0 Å². The number of alkyl halides is 3. The maximum Gasteiger partial charge on any atom is 0.417 e. The first-order valence-corrected chi connectivity index (χ1v) is 10.4. The van der Waals surface area contributed by atoms with Gasteiger partial charge in [-0.3, -0.25) is 5.43 Å². The van der Waals surface area contributed by atoms with Crippen LogP contribution in [0.4, 0.5) is 13.2 Å². The summed E-state index contributed by atoms with van der Waals surface area (Å²) in [6, 6.07) is 8.57. The summed E-state index contributed by atoms with van der Waals surface area (Å²) in [7, 11) is 0. The lowest BCUT2D eigenvalue weighted by atomic mass is 9.99. The highest BCUT2D eigenvalue weighted by Crippen LogP contribution is 2.34. The van der Waals surface area contributed by atoms with Crippen LogP contribution >= 0.6 is 0 Å². The average molecular weight is 444 g/mol. The number of hydrogen-bond acceptors (Lipinski definition) is 6. The number of hydrazine groups is 2. The Balaban J connectivity index is 1.57. The zero-order valence-corrected chi connectivity index (χ0v) is 17.2. The molecule has 2 aliphatic rings. The van der Waals surface area contributed by atoms with Gasteiger partial charge in [0.05, 0.1) is 5.56 Å². The number of benzene rings is 2. The van der Waals surface area contributed by atoms with Crippen molar-refractivity contribution < 1.29 is 23.0 Å². The lowest BCUT2D eigenvalue weighted by molar-refractivity contribution is -0.137. The number of halogens is 3. The molecule has 4 rings (SSSR count). The van der Waals surface area contributed by atoms with E-state index in [1.54, 1.807) is 12.1 Å². The van der Waals surface area contributed by atoms with Crippen LogP contribution in [0.15, 0.2) is 41.5 Å². The molecule has 0 radical (unpaired) electrons. The van der Waals surface area contributed by atoms with Crippen molar-refractivity contribution in [2.24, 2.45) is 11.0 Å². The Bertz CT molecular complexity index is 1070. The normalized spacial score (nSPS) is 15.4. The van der Waals surface area contributed by atoms with Crippen LogP contribution < -0.4 is 16.5 Å². The van der Waals surface area contributed by atoms with Crippen molar-refractivity contribution in [2.45, 2.75) is 31.9 Å². The van der Waals surface area contributed by atoms with Gasteiger partial charge in [0, 0.05) is 29.9 Å². The molecular formula is C23H23F3N4O2. The third-order valence-corrected chi connectivity index (χ3v) is 5.21. The van der Waals surface area contributed by atoms with Crippen molar-refractivity contribution in [3.8, 4) is 17.6 Å². The van der Waals surface area contributed by atoms with E-state index in [0.29, 0.717) is 36.4 Å². The molecule has 0 unspecified atom stereocenters. The van der Waals surface area contributed by atoms with Gasteiger partial charge in [-0.25, -0.2) is 5.53 Å². The number of hydrogen-bond donors (Lipinski definition) is 4. The number of ether oxygens (including phenoxy) is 1. The first-order valence-electron chi connectivity index (χ1n) is 10.4. The molecule has 6 nitrogen and oxygen atoms in total. The summed E-state index contributed by atoms with van der Waals surface area (Å²) in [5.74, 6) is 6.37. The number of phenolic OH excluding ortho intramolecular Hbond substituents is 1. The maximum atomic E-state index is 13.3. The first-order chi connectivity index (χ1) is 15.4. The van der Waals surface area contributed by atoms with E-state index in [2.05, 4.69) is 33.4 Å². The molecule has 1 aliphatic heterocycles. The van der Waals surface area contributed by atoms with Gasteiger partial charge in [0.2, 0.25) is 0 Å². The van der Waals surface area contributed by atoms with Crippen molar-refractivity contribution in [1.29, 1.82) is 0 Å². The molecule has 1 aliphatic carbocycles. The minimum absolute atomic E-state index is 0.187. The fourth-order valence-corrected chi connectivity index (χ4v) is 3.32. The Morgan fingerprint density at radius 2 is 1.88 bits per heavy atom. The zero-order chi connectivity index (χ0) is 22.6. The highest BCUT2D eigenvalue weighted by atomic mass is 19.4. The molecule has 1 heterocycles. The molecule has 0 amide bonds. The number of rotatable bonds is 7. The molecule has 0 spiro atoms. The standard InChI is InChI=1S/C23H23F3N4O2/c24-23(25,26)21-13-20(31)10-9-17(21)7-5-16-6-8-19(22-27-29-30-28-22)12-18(16)2-1-11-32-14-15-3-4-15/h6,8-10,12-13,15,29-31H,1-4,11,14H2,(H,27,28). The van der Waals surface area contributed by atoms with E-state index in [9.17, 15) is 18.3 Å². The summed E-state index contributed by atoms with van der Waals surface area (Å²) in [5.41, 5.74) is 9.37. The zero-order valence-electron chi connectivity index (χ0n) is 17.2. The van der Waals surface area contributed by atoms with Gasteiger partial charge in [-0.1, -0.05) is 11.8 Å². The van der Waals surface area contributed by atoms with Gasteiger partial charge in [-0.05, 0) is 73.6 Å². The number of phenols is 1. The number of aryl methyl sites for hydroxylation is 1. The number of aromatic hydroxyl groups is 1.